The molecule has 0 bridgehead atoms. The van der Waals surface area contributed by atoms with E-state index in [1.807, 2.05) is 0 Å². The first kappa shape index (κ1) is 20.7. The fraction of sp³-hybridized carbons (Fsp3) is 0.300. The molecule has 0 spiro atoms. The van der Waals surface area contributed by atoms with Gasteiger partial charge in [0.25, 0.3) is 5.91 Å². The molecule has 0 unspecified atom stereocenters. The maximum atomic E-state index is 13.1. The van der Waals surface area contributed by atoms with Crippen molar-refractivity contribution in [3.8, 4) is 11.3 Å². The van der Waals surface area contributed by atoms with Crippen LogP contribution < -0.4 is 5.32 Å². The second-order valence-corrected chi connectivity index (χ2v) is 9.93. The Morgan fingerprint density at radius 1 is 1.17 bits per heavy atom. The number of hydrogen-bond acceptors (Lipinski definition) is 5. The average Bonchev–Trinajstić information content (AvgIpc) is 3.36. The van der Waals surface area contributed by atoms with Gasteiger partial charge in [0.05, 0.1) is 5.69 Å². The molecule has 1 N–H and O–H groups in total. The summed E-state index contributed by atoms with van der Waals surface area (Å²) in [6, 6.07) is 7.33. The fourth-order valence-corrected chi connectivity index (χ4v) is 5.70. The van der Waals surface area contributed by atoms with E-state index in [0.29, 0.717) is 23.9 Å². The summed E-state index contributed by atoms with van der Waals surface area (Å²) in [5.41, 5.74) is 1.58. The molecule has 1 saturated heterocycles. The largest absolute Gasteiger partial charge is 0.345 e. The van der Waals surface area contributed by atoms with E-state index < -0.39 is 15.9 Å². The van der Waals surface area contributed by atoms with Crippen LogP contribution in [0.4, 0.5) is 9.52 Å². The summed E-state index contributed by atoms with van der Waals surface area (Å²) in [5, 5.41) is 4.85. The van der Waals surface area contributed by atoms with Crippen molar-refractivity contribution in [3.63, 3.8) is 0 Å². The van der Waals surface area contributed by atoms with Gasteiger partial charge in [0.15, 0.2) is 5.13 Å². The summed E-state index contributed by atoms with van der Waals surface area (Å²) in [6.07, 6.45) is 4.19. The standard InChI is InChI=1S/C20H21FN4O3S2/c1-24-12-16(30(27,28)25-9-3-2-4-10-25)11-18(24)19(26)23-20-22-17(13-29-20)14-5-7-15(21)8-6-14/h5-8,11-13H,2-4,9-10H2,1H3,(H,22,23,26). The highest BCUT2D eigenvalue weighted by atomic mass is 32.2. The minimum absolute atomic E-state index is 0.114. The van der Waals surface area contributed by atoms with E-state index in [-0.39, 0.29) is 16.4 Å². The van der Waals surface area contributed by atoms with Gasteiger partial charge in [-0.1, -0.05) is 6.42 Å². The SMILES string of the molecule is Cn1cc(S(=O)(=O)N2CCCCC2)cc1C(=O)Nc1nc(-c2ccc(F)cc2)cs1. The summed E-state index contributed by atoms with van der Waals surface area (Å²) >= 11 is 1.24. The molecule has 0 saturated carbocycles. The lowest BCUT2D eigenvalue weighted by Gasteiger charge is -2.25. The molecule has 1 aliphatic heterocycles. The lowest BCUT2D eigenvalue weighted by molar-refractivity contribution is 0.101. The number of halogens is 1. The Labute approximate surface area is 178 Å². The topological polar surface area (TPSA) is 84.3 Å². The van der Waals surface area contributed by atoms with Crippen LogP contribution in [0.25, 0.3) is 11.3 Å². The van der Waals surface area contributed by atoms with Crippen LogP contribution in [0.15, 0.2) is 46.8 Å². The molecule has 7 nitrogen and oxygen atoms in total. The summed E-state index contributed by atoms with van der Waals surface area (Å²) in [7, 11) is -1.98. The minimum Gasteiger partial charge on any atom is -0.345 e. The third-order valence-corrected chi connectivity index (χ3v) is 7.65. The third kappa shape index (κ3) is 4.16. The number of piperidine rings is 1. The second kappa shape index (κ2) is 8.29. The van der Waals surface area contributed by atoms with Crippen molar-refractivity contribution in [2.45, 2.75) is 24.2 Å². The molecular formula is C20H21FN4O3S2. The molecule has 158 valence electrons. The van der Waals surface area contributed by atoms with E-state index in [1.165, 1.54) is 44.6 Å². The Kier molecular flexibility index (Phi) is 5.72. The normalized spacial score (nSPS) is 15.3. The zero-order valence-electron chi connectivity index (χ0n) is 16.3. The highest BCUT2D eigenvalue weighted by Crippen LogP contribution is 2.26. The lowest BCUT2D eigenvalue weighted by atomic mass is 10.2. The summed E-state index contributed by atoms with van der Waals surface area (Å²) in [5.74, 6) is -0.779. The molecule has 0 atom stereocenters. The van der Waals surface area contributed by atoms with Gasteiger partial charge in [-0.25, -0.2) is 17.8 Å². The van der Waals surface area contributed by atoms with E-state index in [2.05, 4.69) is 10.3 Å². The number of amides is 1. The number of benzene rings is 1. The number of aryl methyl sites for hydroxylation is 1. The van der Waals surface area contributed by atoms with Crippen LogP contribution in [-0.2, 0) is 17.1 Å². The Balaban J connectivity index is 1.51. The van der Waals surface area contributed by atoms with Crippen LogP contribution in [-0.4, -0.2) is 41.3 Å². The van der Waals surface area contributed by atoms with Gasteiger partial charge < -0.3 is 4.57 Å². The molecule has 30 heavy (non-hydrogen) atoms. The van der Waals surface area contributed by atoms with Crippen LogP contribution in [0.1, 0.15) is 29.8 Å². The second-order valence-electron chi connectivity index (χ2n) is 7.14. The van der Waals surface area contributed by atoms with Gasteiger partial charge in [-0.2, -0.15) is 4.31 Å². The van der Waals surface area contributed by atoms with Crippen molar-refractivity contribution in [2.24, 2.45) is 7.05 Å². The number of thiazole rings is 1. The van der Waals surface area contributed by atoms with Crippen molar-refractivity contribution in [1.29, 1.82) is 0 Å². The van der Waals surface area contributed by atoms with Crippen molar-refractivity contribution in [2.75, 3.05) is 18.4 Å². The molecule has 0 aliphatic carbocycles. The highest BCUT2D eigenvalue weighted by molar-refractivity contribution is 7.89. The van der Waals surface area contributed by atoms with E-state index in [1.54, 1.807) is 24.6 Å². The number of nitrogens with one attached hydrogen (secondary N) is 1. The molecule has 0 radical (unpaired) electrons. The van der Waals surface area contributed by atoms with E-state index >= 15 is 0 Å². The van der Waals surface area contributed by atoms with Crippen molar-refractivity contribution in [1.82, 2.24) is 13.9 Å². The Morgan fingerprint density at radius 2 is 1.87 bits per heavy atom. The number of nitrogens with zero attached hydrogens (tertiary/aromatic N) is 3. The number of aromatic nitrogens is 2. The van der Waals surface area contributed by atoms with Crippen LogP contribution >= 0.6 is 11.3 Å². The van der Waals surface area contributed by atoms with Gasteiger partial charge in [-0.3, -0.25) is 10.1 Å². The van der Waals surface area contributed by atoms with Crippen molar-refractivity contribution < 1.29 is 17.6 Å². The van der Waals surface area contributed by atoms with Crippen LogP contribution in [0.3, 0.4) is 0 Å². The Bertz CT molecular complexity index is 1160. The van der Waals surface area contributed by atoms with Crippen molar-refractivity contribution >= 4 is 32.4 Å². The molecule has 1 aliphatic rings. The number of rotatable bonds is 5. The van der Waals surface area contributed by atoms with Gasteiger partial charge in [0.1, 0.15) is 16.4 Å². The smallest absolute Gasteiger partial charge is 0.274 e. The van der Waals surface area contributed by atoms with Crippen LogP contribution in [0, 0.1) is 5.82 Å². The maximum Gasteiger partial charge on any atom is 0.274 e. The fourth-order valence-electron chi connectivity index (χ4n) is 3.40. The van der Waals surface area contributed by atoms with Crippen molar-refractivity contribution in [3.05, 3.63) is 53.4 Å². The van der Waals surface area contributed by atoms with E-state index in [4.69, 9.17) is 0 Å². The maximum absolute atomic E-state index is 13.1. The first-order valence-electron chi connectivity index (χ1n) is 9.54. The quantitative estimate of drug-likeness (QED) is 0.645. The first-order chi connectivity index (χ1) is 14.3. The molecular weight excluding hydrogens is 427 g/mol. The molecule has 2 aromatic heterocycles. The van der Waals surface area contributed by atoms with Gasteiger partial charge in [-0.05, 0) is 43.2 Å². The molecule has 1 fully saturated rings. The summed E-state index contributed by atoms with van der Waals surface area (Å²) < 4.78 is 41.8. The van der Waals surface area contributed by atoms with Gasteiger partial charge >= 0.3 is 0 Å². The molecule has 3 heterocycles. The number of sulfonamides is 1. The molecule has 1 aromatic carbocycles. The van der Waals surface area contributed by atoms with Gasteiger partial charge in [0.2, 0.25) is 10.0 Å². The highest BCUT2D eigenvalue weighted by Gasteiger charge is 2.28. The number of anilines is 1. The van der Waals surface area contributed by atoms with Gasteiger partial charge in [0, 0.05) is 37.3 Å². The first-order valence-corrected chi connectivity index (χ1v) is 11.9. The Morgan fingerprint density at radius 3 is 2.57 bits per heavy atom. The lowest BCUT2D eigenvalue weighted by Crippen LogP contribution is -2.35. The number of carbonyl (C=O) groups is 1. The predicted molar refractivity (Wildman–Crippen MR) is 113 cm³/mol. The van der Waals surface area contributed by atoms with Crippen LogP contribution in [0.2, 0.25) is 0 Å². The molecule has 1 amide bonds. The number of hydrogen-bond donors (Lipinski definition) is 1. The minimum atomic E-state index is -3.62. The Hall–Kier alpha value is -2.56. The zero-order valence-corrected chi connectivity index (χ0v) is 18.0. The van der Waals surface area contributed by atoms with E-state index in [0.717, 1.165) is 24.8 Å². The number of carbonyl (C=O) groups excluding carboxylic acids is 1. The average molecular weight is 449 g/mol. The van der Waals surface area contributed by atoms with Gasteiger partial charge in [-0.15, -0.1) is 11.3 Å². The summed E-state index contributed by atoms with van der Waals surface area (Å²) in [4.78, 5) is 17.2. The summed E-state index contributed by atoms with van der Waals surface area (Å²) in [6.45, 7) is 1.01. The molecule has 10 heteroatoms. The molecule has 3 aromatic rings. The van der Waals surface area contributed by atoms with E-state index in [9.17, 15) is 17.6 Å². The predicted octanol–water partition coefficient (Wildman–Crippen LogP) is 3.71. The monoisotopic (exact) mass is 448 g/mol. The third-order valence-electron chi connectivity index (χ3n) is 5.03. The zero-order chi connectivity index (χ0) is 21.3. The van der Waals surface area contributed by atoms with Crippen LogP contribution in [0.5, 0.6) is 0 Å². The molecule has 4 rings (SSSR count).